The van der Waals surface area contributed by atoms with E-state index in [9.17, 15) is 5.11 Å². The van der Waals surface area contributed by atoms with Gasteiger partial charge >= 0.3 is 0 Å². The molecule has 1 aromatic rings. The van der Waals surface area contributed by atoms with Gasteiger partial charge in [-0.2, -0.15) is 0 Å². The number of hydrogen-bond acceptors (Lipinski definition) is 3. The molecule has 0 fully saturated rings. The van der Waals surface area contributed by atoms with E-state index in [2.05, 4.69) is 13.8 Å². The first kappa shape index (κ1) is 12.0. The number of nitrogens with two attached hydrogens (primary N) is 1. The van der Waals surface area contributed by atoms with Crippen LogP contribution in [0.5, 0.6) is 5.75 Å². The molecule has 3 nitrogen and oxygen atoms in total. The van der Waals surface area contributed by atoms with E-state index in [4.69, 9.17) is 10.8 Å². The fourth-order valence-corrected chi connectivity index (χ4v) is 1.59. The average molecular weight is 209 g/mol. The van der Waals surface area contributed by atoms with Gasteiger partial charge in [0.25, 0.3) is 0 Å². The fraction of sp³-hybridized carbons (Fsp3) is 0.500. The van der Waals surface area contributed by atoms with Gasteiger partial charge in [0.05, 0.1) is 6.10 Å². The maximum atomic E-state index is 9.92. The third-order valence-electron chi connectivity index (χ3n) is 2.38. The van der Waals surface area contributed by atoms with E-state index >= 15 is 0 Å². The highest BCUT2D eigenvalue weighted by Crippen LogP contribution is 2.21. The molecule has 15 heavy (non-hydrogen) atoms. The number of rotatable bonds is 4. The highest BCUT2D eigenvalue weighted by atomic mass is 16.3. The van der Waals surface area contributed by atoms with Gasteiger partial charge in [-0.3, -0.25) is 0 Å². The first-order chi connectivity index (χ1) is 7.00. The molecule has 2 atom stereocenters. The van der Waals surface area contributed by atoms with Crippen LogP contribution in [0.2, 0.25) is 0 Å². The second kappa shape index (κ2) is 5.14. The molecular formula is C12H19NO2. The molecule has 0 radical (unpaired) electrons. The molecule has 0 heterocycles. The lowest BCUT2D eigenvalue weighted by Crippen LogP contribution is -2.29. The van der Waals surface area contributed by atoms with Gasteiger partial charge in [-0.25, -0.2) is 0 Å². The normalized spacial score (nSPS) is 15.3. The lowest BCUT2D eigenvalue weighted by atomic mass is 9.95. The third kappa shape index (κ3) is 3.53. The molecule has 0 aliphatic heterocycles. The Bertz CT molecular complexity index is 295. The summed E-state index contributed by atoms with van der Waals surface area (Å²) in [5.74, 6) is 0.662. The lowest BCUT2D eigenvalue weighted by Gasteiger charge is -2.20. The van der Waals surface area contributed by atoms with E-state index in [1.165, 1.54) is 0 Å². The highest BCUT2D eigenvalue weighted by Gasteiger charge is 2.17. The average Bonchev–Trinajstić information content (AvgIpc) is 2.17. The summed E-state index contributed by atoms with van der Waals surface area (Å²) >= 11 is 0. The molecule has 84 valence electrons. The van der Waals surface area contributed by atoms with E-state index in [1.807, 2.05) is 0 Å². The molecule has 0 bridgehead atoms. The Morgan fingerprint density at radius 3 is 2.20 bits per heavy atom. The van der Waals surface area contributed by atoms with E-state index < -0.39 is 6.10 Å². The van der Waals surface area contributed by atoms with Crippen LogP contribution in [0.15, 0.2) is 24.3 Å². The largest absolute Gasteiger partial charge is 0.508 e. The Morgan fingerprint density at radius 1 is 1.20 bits per heavy atom. The van der Waals surface area contributed by atoms with Gasteiger partial charge in [0.15, 0.2) is 0 Å². The zero-order valence-corrected chi connectivity index (χ0v) is 9.22. The van der Waals surface area contributed by atoms with Gasteiger partial charge in [0, 0.05) is 6.04 Å². The molecule has 0 saturated heterocycles. The predicted octanol–water partition coefficient (Wildman–Crippen LogP) is 1.80. The number of hydrogen-bond donors (Lipinski definition) is 3. The molecule has 0 saturated carbocycles. The minimum atomic E-state index is -0.659. The Balaban J connectivity index is 2.67. The van der Waals surface area contributed by atoms with Crippen LogP contribution in [0.4, 0.5) is 0 Å². The van der Waals surface area contributed by atoms with E-state index in [1.54, 1.807) is 24.3 Å². The van der Waals surface area contributed by atoms with Crippen LogP contribution < -0.4 is 5.73 Å². The zero-order chi connectivity index (χ0) is 11.4. The first-order valence-corrected chi connectivity index (χ1v) is 5.23. The predicted molar refractivity (Wildman–Crippen MR) is 60.5 cm³/mol. The SMILES string of the molecule is CC(C)CC(N)C(O)c1ccc(O)cc1. The molecule has 0 amide bonds. The molecule has 4 N–H and O–H groups in total. The number of phenols is 1. The van der Waals surface area contributed by atoms with Gasteiger partial charge in [-0.1, -0.05) is 26.0 Å². The summed E-state index contributed by atoms with van der Waals surface area (Å²) in [7, 11) is 0. The Kier molecular flexibility index (Phi) is 4.12. The fourth-order valence-electron chi connectivity index (χ4n) is 1.59. The van der Waals surface area contributed by atoms with Crippen molar-refractivity contribution in [1.29, 1.82) is 0 Å². The Morgan fingerprint density at radius 2 is 1.73 bits per heavy atom. The quantitative estimate of drug-likeness (QED) is 0.708. The smallest absolute Gasteiger partial charge is 0.115 e. The van der Waals surface area contributed by atoms with Crippen molar-refractivity contribution < 1.29 is 10.2 Å². The topological polar surface area (TPSA) is 66.5 Å². The molecule has 1 aromatic carbocycles. The van der Waals surface area contributed by atoms with Crippen LogP contribution in [-0.4, -0.2) is 16.3 Å². The molecule has 3 heteroatoms. The summed E-state index contributed by atoms with van der Waals surface area (Å²) < 4.78 is 0. The molecule has 1 rings (SSSR count). The standard InChI is InChI=1S/C12H19NO2/c1-8(2)7-11(13)12(15)9-3-5-10(14)6-4-9/h3-6,8,11-12,14-15H,7,13H2,1-2H3. The number of aliphatic hydroxyl groups is 1. The first-order valence-electron chi connectivity index (χ1n) is 5.23. The van der Waals surface area contributed by atoms with Crippen LogP contribution >= 0.6 is 0 Å². The van der Waals surface area contributed by atoms with Crippen molar-refractivity contribution in [3.05, 3.63) is 29.8 Å². The summed E-state index contributed by atoms with van der Waals surface area (Å²) in [6.07, 6.45) is 0.121. The van der Waals surface area contributed by atoms with Crippen LogP contribution in [-0.2, 0) is 0 Å². The molecule has 0 aliphatic rings. The van der Waals surface area contributed by atoms with Crippen molar-refractivity contribution in [3.63, 3.8) is 0 Å². The molecular weight excluding hydrogens is 190 g/mol. The maximum absolute atomic E-state index is 9.92. The van der Waals surface area contributed by atoms with Gasteiger partial charge in [-0.15, -0.1) is 0 Å². The number of phenolic OH excluding ortho intramolecular Hbond substituents is 1. The van der Waals surface area contributed by atoms with Crippen molar-refractivity contribution in [2.75, 3.05) is 0 Å². The Labute approximate surface area is 90.5 Å². The minimum Gasteiger partial charge on any atom is -0.508 e. The lowest BCUT2D eigenvalue weighted by molar-refractivity contribution is 0.136. The summed E-state index contributed by atoms with van der Waals surface area (Å²) in [5, 5.41) is 19.0. The maximum Gasteiger partial charge on any atom is 0.115 e. The Hall–Kier alpha value is -1.06. The number of aliphatic hydroxyl groups excluding tert-OH is 1. The highest BCUT2D eigenvalue weighted by molar-refractivity contribution is 5.27. The summed E-state index contributed by atoms with van der Waals surface area (Å²) in [6.45, 7) is 4.15. The van der Waals surface area contributed by atoms with Crippen molar-refractivity contribution in [1.82, 2.24) is 0 Å². The van der Waals surface area contributed by atoms with Gasteiger partial charge in [0.1, 0.15) is 5.75 Å². The monoisotopic (exact) mass is 209 g/mol. The van der Waals surface area contributed by atoms with Gasteiger partial charge in [0.2, 0.25) is 0 Å². The summed E-state index contributed by atoms with van der Waals surface area (Å²) in [5.41, 5.74) is 6.63. The minimum absolute atomic E-state index is 0.198. The van der Waals surface area contributed by atoms with Crippen LogP contribution in [0, 0.1) is 5.92 Å². The van der Waals surface area contributed by atoms with Crippen molar-refractivity contribution in [2.45, 2.75) is 32.4 Å². The van der Waals surface area contributed by atoms with Crippen LogP contribution in [0.3, 0.4) is 0 Å². The van der Waals surface area contributed by atoms with E-state index in [-0.39, 0.29) is 11.8 Å². The van der Waals surface area contributed by atoms with E-state index in [0.717, 1.165) is 12.0 Å². The van der Waals surface area contributed by atoms with Gasteiger partial charge < -0.3 is 15.9 Å². The molecule has 2 unspecified atom stereocenters. The third-order valence-corrected chi connectivity index (χ3v) is 2.38. The zero-order valence-electron chi connectivity index (χ0n) is 9.22. The summed E-state index contributed by atoms with van der Waals surface area (Å²) in [6, 6.07) is 6.25. The molecule has 0 spiro atoms. The number of aromatic hydroxyl groups is 1. The summed E-state index contributed by atoms with van der Waals surface area (Å²) in [4.78, 5) is 0. The second-order valence-electron chi connectivity index (χ2n) is 4.33. The molecule has 0 aliphatic carbocycles. The molecule has 0 aromatic heterocycles. The van der Waals surface area contributed by atoms with Crippen LogP contribution in [0.1, 0.15) is 31.9 Å². The van der Waals surface area contributed by atoms with Crippen molar-refractivity contribution in [3.8, 4) is 5.75 Å². The van der Waals surface area contributed by atoms with E-state index in [0.29, 0.717) is 5.92 Å². The van der Waals surface area contributed by atoms with Gasteiger partial charge in [-0.05, 0) is 30.0 Å². The van der Waals surface area contributed by atoms with Crippen molar-refractivity contribution in [2.24, 2.45) is 11.7 Å². The van der Waals surface area contributed by atoms with Crippen molar-refractivity contribution >= 4 is 0 Å². The second-order valence-corrected chi connectivity index (χ2v) is 4.33. The number of benzene rings is 1. The van der Waals surface area contributed by atoms with Crippen LogP contribution in [0.25, 0.3) is 0 Å².